The first-order valence-electron chi connectivity index (χ1n) is 9.53. The average molecular weight is 403 g/mol. The minimum Gasteiger partial charge on any atom is -0.497 e. The van der Waals surface area contributed by atoms with Gasteiger partial charge >= 0.3 is 0 Å². The van der Waals surface area contributed by atoms with Gasteiger partial charge in [-0.05, 0) is 67.8 Å². The molecule has 0 bridgehead atoms. The molecule has 1 aliphatic heterocycles. The van der Waals surface area contributed by atoms with E-state index in [1.807, 2.05) is 6.92 Å². The number of ether oxygens (including phenoxy) is 1. The van der Waals surface area contributed by atoms with Crippen LogP contribution in [0.2, 0.25) is 0 Å². The average Bonchev–Trinajstić information content (AvgIpc) is 2.74. The van der Waals surface area contributed by atoms with Gasteiger partial charge in [0.2, 0.25) is 10.0 Å². The summed E-state index contributed by atoms with van der Waals surface area (Å²) in [5, 5.41) is 2.79. The van der Waals surface area contributed by atoms with Crippen LogP contribution in [-0.4, -0.2) is 38.3 Å². The van der Waals surface area contributed by atoms with Crippen molar-refractivity contribution in [3.05, 3.63) is 54.1 Å². The maximum absolute atomic E-state index is 13.0. The maximum atomic E-state index is 13.0. The van der Waals surface area contributed by atoms with Crippen LogP contribution in [0.5, 0.6) is 5.75 Å². The third-order valence-corrected chi connectivity index (χ3v) is 7.08. The van der Waals surface area contributed by atoms with Gasteiger partial charge < -0.3 is 10.1 Å². The van der Waals surface area contributed by atoms with E-state index in [0.29, 0.717) is 23.5 Å². The fraction of sp³-hybridized carbons (Fsp3) is 0.381. The largest absolute Gasteiger partial charge is 0.497 e. The minimum absolute atomic E-state index is 0.0631. The number of anilines is 1. The number of hydrogen-bond donors (Lipinski definition) is 1. The third kappa shape index (κ3) is 4.36. The fourth-order valence-electron chi connectivity index (χ4n) is 3.49. The molecule has 1 atom stereocenters. The number of rotatable bonds is 6. The van der Waals surface area contributed by atoms with Gasteiger partial charge in [0.1, 0.15) is 5.75 Å². The van der Waals surface area contributed by atoms with E-state index in [1.165, 1.54) is 0 Å². The van der Waals surface area contributed by atoms with E-state index < -0.39 is 10.0 Å². The second-order valence-electron chi connectivity index (χ2n) is 6.88. The van der Waals surface area contributed by atoms with Gasteiger partial charge in [0.05, 0.1) is 12.0 Å². The van der Waals surface area contributed by atoms with Crippen LogP contribution in [0.1, 0.15) is 43.0 Å². The first-order valence-corrected chi connectivity index (χ1v) is 11.0. The Labute approximate surface area is 166 Å². The molecule has 3 rings (SSSR count). The van der Waals surface area contributed by atoms with E-state index in [4.69, 9.17) is 4.74 Å². The van der Waals surface area contributed by atoms with E-state index >= 15 is 0 Å². The van der Waals surface area contributed by atoms with E-state index in [-0.39, 0.29) is 16.8 Å². The number of piperidine rings is 1. The first-order chi connectivity index (χ1) is 13.5. The molecular weight excluding hydrogens is 376 g/mol. The van der Waals surface area contributed by atoms with Crippen molar-refractivity contribution in [1.82, 2.24) is 4.31 Å². The van der Waals surface area contributed by atoms with Crippen LogP contribution in [0.15, 0.2) is 53.4 Å². The maximum Gasteiger partial charge on any atom is 0.255 e. The second kappa shape index (κ2) is 8.75. The summed E-state index contributed by atoms with van der Waals surface area (Å²) < 4.78 is 32.7. The molecule has 1 fully saturated rings. The Morgan fingerprint density at radius 3 is 2.39 bits per heavy atom. The summed E-state index contributed by atoms with van der Waals surface area (Å²) in [6.45, 7) is 2.59. The molecule has 0 aliphatic carbocycles. The molecule has 0 radical (unpaired) electrons. The van der Waals surface area contributed by atoms with Crippen LogP contribution in [0.25, 0.3) is 0 Å². The molecular formula is C21H26N2O4S. The Hall–Kier alpha value is -2.38. The van der Waals surface area contributed by atoms with Crippen LogP contribution in [0, 0.1) is 0 Å². The fourth-order valence-corrected chi connectivity index (χ4v) is 5.26. The van der Waals surface area contributed by atoms with E-state index in [9.17, 15) is 13.2 Å². The topological polar surface area (TPSA) is 75.7 Å². The lowest BCUT2D eigenvalue weighted by Gasteiger charge is -2.34. The van der Waals surface area contributed by atoms with Crippen molar-refractivity contribution in [3.63, 3.8) is 0 Å². The van der Waals surface area contributed by atoms with Crippen LogP contribution in [0.3, 0.4) is 0 Å². The highest BCUT2D eigenvalue weighted by Gasteiger charge is 2.32. The van der Waals surface area contributed by atoms with E-state index in [0.717, 1.165) is 25.7 Å². The molecule has 0 aromatic heterocycles. The lowest BCUT2D eigenvalue weighted by molar-refractivity contribution is 0.102. The summed E-state index contributed by atoms with van der Waals surface area (Å²) in [5.41, 5.74) is 1.04. The smallest absolute Gasteiger partial charge is 0.255 e. The van der Waals surface area contributed by atoms with Gasteiger partial charge in [0.15, 0.2) is 0 Å². The molecule has 1 aliphatic rings. The number of carbonyl (C=O) groups is 1. The number of nitrogens with zero attached hydrogens (tertiary/aromatic N) is 1. The Bertz CT molecular complexity index is 908. The zero-order valence-electron chi connectivity index (χ0n) is 16.2. The summed E-state index contributed by atoms with van der Waals surface area (Å²) in [6.07, 6.45) is 3.69. The Balaban J connectivity index is 1.72. The number of hydrogen-bond acceptors (Lipinski definition) is 4. The SMILES string of the molecule is CC[C@H]1CCCCN1S(=O)(=O)c1ccc(NC(=O)c2ccc(OC)cc2)cc1. The standard InChI is InChI=1S/C21H26N2O4S/c1-3-18-6-4-5-15-23(18)28(25,26)20-13-9-17(10-14-20)22-21(24)16-7-11-19(27-2)12-8-16/h7-14,18H,3-6,15H2,1-2H3,(H,22,24)/t18-/m0/s1. The van der Waals surface area contributed by atoms with Gasteiger partial charge in [-0.1, -0.05) is 13.3 Å². The highest BCUT2D eigenvalue weighted by molar-refractivity contribution is 7.89. The number of methoxy groups -OCH3 is 1. The van der Waals surface area contributed by atoms with E-state index in [1.54, 1.807) is 59.9 Å². The molecule has 0 saturated carbocycles. The monoisotopic (exact) mass is 402 g/mol. The molecule has 150 valence electrons. The number of amides is 1. The molecule has 7 heteroatoms. The van der Waals surface area contributed by atoms with Crippen LogP contribution in [0.4, 0.5) is 5.69 Å². The highest BCUT2D eigenvalue weighted by atomic mass is 32.2. The molecule has 2 aromatic carbocycles. The molecule has 6 nitrogen and oxygen atoms in total. The van der Waals surface area contributed by atoms with E-state index in [2.05, 4.69) is 5.32 Å². The molecule has 0 spiro atoms. The second-order valence-corrected chi connectivity index (χ2v) is 8.77. The molecule has 1 N–H and O–H groups in total. The minimum atomic E-state index is -3.52. The molecule has 0 unspecified atom stereocenters. The van der Waals surface area contributed by atoms with Gasteiger partial charge in [0.25, 0.3) is 5.91 Å². The third-order valence-electron chi connectivity index (χ3n) is 5.12. The predicted molar refractivity (Wildman–Crippen MR) is 109 cm³/mol. The molecule has 1 saturated heterocycles. The number of sulfonamides is 1. The van der Waals surface area contributed by atoms with Gasteiger partial charge in [-0.15, -0.1) is 0 Å². The van der Waals surface area contributed by atoms with Crippen molar-refractivity contribution in [1.29, 1.82) is 0 Å². The highest BCUT2D eigenvalue weighted by Crippen LogP contribution is 2.27. The molecule has 28 heavy (non-hydrogen) atoms. The van der Waals surface area contributed by atoms with Crippen LogP contribution >= 0.6 is 0 Å². The zero-order valence-corrected chi connectivity index (χ0v) is 17.0. The number of benzene rings is 2. The lowest BCUT2D eigenvalue weighted by Crippen LogP contribution is -2.43. The van der Waals surface area contributed by atoms with Gasteiger partial charge in [-0.2, -0.15) is 4.31 Å². The molecule has 2 aromatic rings. The molecule has 1 amide bonds. The Morgan fingerprint density at radius 1 is 1.11 bits per heavy atom. The van der Waals surface area contributed by atoms with Crippen molar-refractivity contribution in [3.8, 4) is 5.75 Å². The van der Waals surface area contributed by atoms with Crippen molar-refractivity contribution in [2.45, 2.75) is 43.5 Å². The van der Waals surface area contributed by atoms with Crippen molar-refractivity contribution in [2.75, 3.05) is 19.0 Å². The summed E-state index contributed by atoms with van der Waals surface area (Å²) in [4.78, 5) is 12.6. The number of nitrogens with one attached hydrogen (secondary N) is 1. The summed E-state index contributed by atoms with van der Waals surface area (Å²) >= 11 is 0. The predicted octanol–water partition coefficient (Wildman–Crippen LogP) is 3.90. The van der Waals surface area contributed by atoms with Crippen LogP contribution in [-0.2, 0) is 10.0 Å². The van der Waals surface area contributed by atoms with Crippen molar-refractivity contribution in [2.24, 2.45) is 0 Å². The van der Waals surface area contributed by atoms with Gasteiger partial charge in [-0.25, -0.2) is 8.42 Å². The molecule has 1 heterocycles. The lowest BCUT2D eigenvalue weighted by atomic mass is 10.0. The van der Waals surface area contributed by atoms with Gasteiger partial charge in [0, 0.05) is 23.8 Å². The van der Waals surface area contributed by atoms with Gasteiger partial charge in [-0.3, -0.25) is 4.79 Å². The number of carbonyl (C=O) groups excluding carboxylic acids is 1. The first kappa shape index (κ1) is 20.4. The quantitative estimate of drug-likeness (QED) is 0.795. The van der Waals surface area contributed by atoms with Crippen LogP contribution < -0.4 is 10.1 Å². The summed E-state index contributed by atoms with van der Waals surface area (Å²) in [7, 11) is -1.95. The Kier molecular flexibility index (Phi) is 6.36. The normalized spacial score (nSPS) is 17.9. The summed E-state index contributed by atoms with van der Waals surface area (Å²) in [5.74, 6) is 0.412. The zero-order chi connectivity index (χ0) is 20.1. The summed E-state index contributed by atoms with van der Waals surface area (Å²) in [6, 6.07) is 13.2. The van der Waals surface area contributed by atoms with Crippen molar-refractivity contribution < 1.29 is 17.9 Å². The van der Waals surface area contributed by atoms with Crippen molar-refractivity contribution >= 4 is 21.6 Å². The Morgan fingerprint density at radius 2 is 1.79 bits per heavy atom.